The molecule has 1 aliphatic heterocycles. The van der Waals surface area contributed by atoms with E-state index in [1.165, 1.54) is 51.5 Å². The predicted molar refractivity (Wildman–Crippen MR) is 82.8 cm³/mol. The number of rotatable bonds is 4. The van der Waals surface area contributed by atoms with Crippen molar-refractivity contribution in [1.82, 2.24) is 10.2 Å². The average molecular weight is 280 g/mol. The molecule has 0 aromatic carbocycles. The molecule has 3 aliphatic rings. The fourth-order valence-corrected chi connectivity index (χ4v) is 5.23. The smallest absolute Gasteiger partial charge is 0.0613 e. The number of hydrogen-bond acceptors (Lipinski definition) is 3. The van der Waals surface area contributed by atoms with Gasteiger partial charge in [-0.25, -0.2) is 0 Å². The molecule has 2 saturated carbocycles. The highest BCUT2D eigenvalue weighted by molar-refractivity contribution is 5.02. The molecule has 3 rings (SSSR count). The van der Waals surface area contributed by atoms with Crippen LogP contribution in [0.1, 0.15) is 64.7 Å². The van der Waals surface area contributed by atoms with Crippen LogP contribution < -0.4 is 5.32 Å². The Hall–Kier alpha value is -0.120. The van der Waals surface area contributed by atoms with Gasteiger partial charge in [-0.05, 0) is 64.0 Å². The summed E-state index contributed by atoms with van der Waals surface area (Å²) in [5.74, 6) is 0.973. The van der Waals surface area contributed by atoms with Crippen LogP contribution in [0.25, 0.3) is 0 Å². The fourth-order valence-electron chi connectivity index (χ4n) is 5.23. The zero-order chi connectivity index (χ0) is 14.0. The van der Waals surface area contributed by atoms with E-state index in [-0.39, 0.29) is 5.54 Å². The maximum atomic E-state index is 9.82. The van der Waals surface area contributed by atoms with E-state index < -0.39 is 0 Å². The molecule has 0 aromatic rings. The van der Waals surface area contributed by atoms with E-state index >= 15 is 0 Å². The molecule has 0 aromatic heterocycles. The molecule has 4 atom stereocenters. The van der Waals surface area contributed by atoms with Crippen LogP contribution in [0.4, 0.5) is 0 Å². The second kappa shape index (κ2) is 6.33. The van der Waals surface area contributed by atoms with Crippen molar-refractivity contribution in [3.63, 3.8) is 0 Å². The lowest BCUT2D eigenvalue weighted by Crippen LogP contribution is -2.53. The third-order valence-corrected chi connectivity index (χ3v) is 6.19. The summed E-state index contributed by atoms with van der Waals surface area (Å²) in [5, 5.41) is 13.4. The van der Waals surface area contributed by atoms with Gasteiger partial charge in [0.25, 0.3) is 0 Å². The van der Waals surface area contributed by atoms with Gasteiger partial charge < -0.3 is 10.4 Å². The molecule has 116 valence electrons. The molecular formula is C17H32N2O. The second-order valence-corrected chi connectivity index (χ2v) is 7.36. The first-order valence-corrected chi connectivity index (χ1v) is 8.89. The molecular weight excluding hydrogens is 248 g/mol. The van der Waals surface area contributed by atoms with Crippen LogP contribution in [-0.4, -0.2) is 47.3 Å². The molecule has 0 radical (unpaired) electrons. The van der Waals surface area contributed by atoms with Gasteiger partial charge in [0.15, 0.2) is 0 Å². The maximum absolute atomic E-state index is 9.82. The lowest BCUT2D eigenvalue weighted by Gasteiger charge is -2.47. The van der Waals surface area contributed by atoms with Crippen molar-refractivity contribution in [3.05, 3.63) is 0 Å². The maximum Gasteiger partial charge on any atom is 0.0613 e. The van der Waals surface area contributed by atoms with Gasteiger partial charge in [0, 0.05) is 17.6 Å². The highest BCUT2D eigenvalue weighted by Crippen LogP contribution is 2.41. The Balaban J connectivity index is 1.66. The van der Waals surface area contributed by atoms with Crippen LogP contribution in [0.5, 0.6) is 0 Å². The Kier molecular flexibility index (Phi) is 4.68. The minimum absolute atomic E-state index is 0.0149. The largest absolute Gasteiger partial charge is 0.394 e. The molecule has 0 amide bonds. The van der Waals surface area contributed by atoms with Crippen LogP contribution in [0.3, 0.4) is 0 Å². The van der Waals surface area contributed by atoms with Gasteiger partial charge in [-0.1, -0.05) is 19.8 Å². The van der Waals surface area contributed by atoms with Crippen molar-refractivity contribution in [3.8, 4) is 0 Å². The number of hydrogen-bond donors (Lipinski definition) is 2. The molecule has 3 fully saturated rings. The summed E-state index contributed by atoms with van der Waals surface area (Å²) in [5.41, 5.74) is 0.0149. The number of aliphatic hydroxyl groups is 1. The first-order chi connectivity index (χ1) is 9.78. The van der Waals surface area contributed by atoms with Gasteiger partial charge in [-0.3, -0.25) is 4.90 Å². The van der Waals surface area contributed by atoms with E-state index in [1.54, 1.807) is 0 Å². The van der Waals surface area contributed by atoms with Crippen LogP contribution in [0.2, 0.25) is 0 Å². The van der Waals surface area contributed by atoms with E-state index in [1.807, 2.05) is 0 Å². The zero-order valence-corrected chi connectivity index (χ0v) is 13.1. The highest BCUT2D eigenvalue weighted by atomic mass is 16.3. The Morgan fingerprint density at radius 3 is 2.75 bits per heavy atom. The third kappa shape index (κ3) is 2.77. The molecule has 0 spiro atoms. The SMILES string of the molecule is CCNC1(CO)CCC(N2CCC[C@H]3CCCC[C@H]32)C1. The van der Waals surface area contributed by atoms with Crippen LogP contribution in [0, 0.1) is 5.92 Å². The molecule has 2 N–H and O–H groups in total. The van der Waals surface area contributed by atoms with Crippen molar-refractivity contribution in [1.29, 1.82) is 0 Å². The number of fused-ring (bicyclic) bond motifs is 1. The number of likely N-dealkylation sites (tertiary alicyclic amines) is 1. The lowest BCUT2D eigenvalue weighted by atomic mass is 9.77. The van der Waals surface area contributed by atoms with Crippen molar-refractivity contribution < 1.29 is 5.11 Å². The van der Waals surface area contributed by atoms with Crippen molar-refractivity contribution in [2.75, 3.05) is 19.7 Å². The summed E-state index contributed by atoms with van der Waals surface area (Å²) in [6.07, 6.45) is 12.2. The number of likely N-dealkylation sites (N-methyl/N-ethyl adjacent to an activating group) is 1. The Morgan fingerprint density at radius 2 is 1.95 bits per heavy atom. The lowest BCUT2D eigenvalue weighted by molar-refractivity contribution is 0.0231. The molecule has 1 heterocycles. The first kappa shape index (κ1) is 14.8. The van der Waals surface area contributed by atoms with Gasteiger partial charge in [-0.2, -0.15) is 0 Å². The van der Waals surface area contributed by atoms with Crippen molar-refractivity contribution in [2.45, 2.75) is 82.3 Å². The summed E-state index contributed by atoms with van der Waals surface area (Å²) >= 11 is 0. The number of aliphatic hydroxyl groups excluding tert-OH is 1. The molecule has 2 aliphatic carbocycles. The van der Waals surface area contributed by atoms with Crippen LogP contribution in [-0.2, 0) is 0 Å². The molecule has 3 heteroatoms. The summed E-state index contributed by atoms with van der Waals surface area (Å²) in [4.78, 5) is 2.85. The monoisotopic (exact) mass is 280 g/mol. The predicted octanol–water partition coefficient (Wildman–Crippen LogP) is 2.53. The van der Waals surface area contributed by atoms with Crippen molar-refractivity contribution >= 4 is 0 Å². The Morgan fingerprint density at radius 1 is 1.15 bits per heavy atom. The standard InChI is InChI=1S/C17H32N2O/c1-2-18-17(13-20)10-9-15(12-17)19-11-5-7-14-6-3-4-8-16(14)19/h14-16,18,20H,2-13H2,1H3/t14-,15?,16-,17?/m1/s1. The average Bonchev–Trinajstić information content (AvgIpc) is 2.92. The first-order valence-electron chi connectivity index (χ1n) is 8.89. The fraction of sp³-hybridized carbons (Fsp3) is 1.00. The minimum atomic E-state index is 0.0149. The normalized spacial score (nSPS) is 42.6. The quantitative estimate of drug-likeness (QED) is 0.831. The summed E-state index contributed by atoms with van der Waals surface area (Å²) < 4.78 is 0. The van der Waals surface area contributed by atoms with Gasteiger partial charge in [-0.15, -0.1) is 0 Å². The van der Waals surface area contributed by atoms with Gasteiger partial charge >= 0.3 is 0 Å². The number of piperidine rings is 1. The summed E-state index contributed by atoms with van der Waals surface area (Å²) in [7, 11) is 0. The van der Waals surface area contributed by atoms with Gasteiger partial charge in [0.05, 0.1) is 6.61 Å². The van der Waals surface area contributed by atoms with Crippen molar-refractivity contribution in [2.24, 2.45) is 5.92 Å². The topological polar surface area (TPSA) is 35.5 Å². The highest BCUT2D eigenvalue weighted by Gasteiger charge is 2.44. The molecule has 2 unspecified atom stereocenters. The number of nitrogens with one attached hydrogen (secondary N) is 1. The summed E-state index contributed by atoms with van der Waals surface area (Å²) in [6.45, 7) is 4.74. The Bertz CT molecular complexity index is 320. The molecule has 0 bridgehead atoms. The zero-order valence-electron chi connectivity index (χ0n) is 13.1. The van der Waals surface area contributed by atoms with Gasteiger partial charge in [0.2, 0.25) is 0 Å². The third-order valence-electron chi connectivity index (χ3n) is 6.19. The molecule has 3 nitrogen and oxygen atoms in total. The number of nitrogens with zero attached hydrogens (tertiary/aromatic N) is 1. The van der Waals surface area contributed by atoms with Gasteiger partial charge in [0.1, 0.15) is 0 Å². The molecule has 20 heavy (non-hydrogen) atoms. The second-order valence-electron chi connectivity index (χ2n) is 7.36. The van der Waals surface area contributed by atoms with E-state index in [2.05, 4.69) is 17.1 Å². The molecule has 1 saturated heterocycles. The van der Waals surface area contributed by atoms with E-state index in [0.717, 1.165) is 31.3 Å². The summed E-state index contributed by atoms with van der Waals surface area (Å²) in [6, 6.07) is 1.57. The van der Waals surface area contributed by atoms with Crippen LogP contribution in [0.15, 0.2) is 0 Å². The minimum Gasteiger partial charge on any atom is -0.394 e. The van der Waals surface area contributed by atoms with Crippen LogP contribution >= 0.6 is 0 Å². The van der Waals surface area contributed by atoms with E-state index in [9.17, 15) is 5.11 Å². The van der Waals surface area contributed by atoms with E-state index in [4.69, 9.17) is 0 Å². The van der Waals surface area contributed by atoms with E-state index in [0.29, 0.717) is 12.6 Å². The Labute approximate surface area is 124 Å².